The second-order valence-electron chi connectivity index (χ2n) is 7.98. The van der Waals surface area contributed by atoms with Crippen LogP contribution >= 0.6 is 0 Å². The van der Waals surface area contributed by atoms with Crippen molar-refractivity contribution >= 4 is 34.2 Å². The number of nitrogens with one attached hydrogen (secondary N) is 1. The normalized spacial score (nSPS) is 19.3. The van der Waals surface area contributed by atoms with Crippen LogP contribution in [0.3, 0.4) is 0 Å². The first kappa shape index (κ1) is 19.4. The van der Waals surface area contributed by atoms with Crippen molar-refractivity contribution < 1.29 is 14.3 Å². The smallest absolute Gasteiger partial charge is 0.229 e. The molecule has 0 aliphatic carbocycles. The first-order valence-electron chi connectivity index (χ1n) is 10.6. The zero-order valence-corrected chi connectivity index (χ0v) is 17.5. The van der Waals surface area contributed by atoms with E-state index >= 15 is 0 Å². The molecule has 2 saturated heterocycles. The molecule has 1 N–H and O–H groups in total. The third-order valence-corrected chi connectivity index (χ3v) is 6.20. The summed E-state index contributed by atoms with van der Waals surface area (Å²) < 4.78 is 5.47. The van der Waals surface area contributed by atoms with E-state index in [0.29, 0.717) is 25.5 Å². The highest BCUT2D eigenvalue weighted by Crippen LogP contribution is 2.31. The lowest BCUT2D eigenvalue weighted by atomic mass is 10.1. The van der Waals surface area contributed by atoms with E-state index in [9.17, 15) is 9.59 Å². The Morgan fingerprint density at radius 2 is 1.81 bits per heavy atom. The zero-order chi connectivity index (χ0) is 21.4. The fraction of sp³-hybridized carbons (Fsp3) is 0.348. The number of amides is 2. The van der Waals surface area contributed by atoms with E-state index in [2.05, 4.69) is 15.1 Å². The van der Waals surface area contributed by atoms with E-state index < -0.39 is 0 Å². The van der Waals surface area contributed by atoms with Gasteiger partial charge in [0.05, 0.1) is 24.2 Å². The number of piperazine rings is 1. The second kappa shape index (κ2) is 7.94. The monoisotopic (exact) mass is 419 g/mol. The van der Waals surface area contributed by atoms with Crippen LogP contribution in [0.25, 0.3) is 10.9 Å². The van der Waals surface area contributed by atoms with Crippen LogP contribution in [0.5, 0.6) is 5.75 Å². The van der Waals surface area contributed by atoms with Crippen LogP contribution < -0.4 is 14.5 Å². The lowest BCUT2D eigenvalue weighted by Gasteiger charge is -2.37. The van der Waals surface area contributed by atoms with Gasteiger partial charge in [0.15, 0.2) is 5.82 Å². The summed E-state index contributed by atoms with van der Waals surface area (Å²) in [6.07, 6.45) is 0.229. The van der Waals surface area contributed by atoms with Gasteiger partial charge in [-0.15, -0.1) is 0 Å². The van der Waals surface area contributed by atoms with Gasteiger partial charge in [0, 0.05) is 44.5 Å². The largest absolute Gasteiger partial charge is 0.495 e. The molecule has 8 nitrogen and oxygen atoms in total. The number of ether oxygens (including phenoxy) is 1. The molecule has 0 spiro atoms. The predicted molar refractivity (Wildman–Crippen MR) is 118 cm³/mol. The molecule has 0 unspecified atom stereocenters. The molecule has 0 saturated carbocycles. The number of hydrogen-bond donors (Lipinski definition) is 1. The molecule has 2 aromatic carbocycles. The van der Waals surface area contributed by atoms with E-state index in [0.717, 1.165) is 35.4 Å². The number of anilines is 2. The summed E-state index contributed by atoms with van der Waals surface area (Å²) in [5.74, 6) is 1.11. The molecule has 1 atom stereocenters. The van der Waals surface area contributed by atoms with E-state index in [-0.39, 0.29) is 24.2 Å². The highest BCUT2D eigenvalue weighted by atomic mass is 16.5. The molecule has 31 heavy (non-hydrogen) atoms. The van der Waals surface area contributed by atoms with Crippen molar-refractivity contribution in [1.29, 1.82) is 0 Å². The highest BCUT2D eigenvalue weighted by Gasteiger charge is 2.39. The summed E-state index contributed by atoms with van der Waals surface area (Å²) in [5.41, 5.74) is 1.93. The summed E-state index contributed by atoms with van der Waals surface area (Å²) in [4.78, 5) is 31.6. The molecule has 2 aliphatic rings. The van der Waals surface area contributed by atoms with E-state index in [1.54, 1.807) is 12.0 Å². The Kier molecular flexibility index (Phi) is 4.97. The summed E-state index contributed by atoms with van der Waals surface area (Å²) in [7, 11) is 1.67. The van der Waals surface area contributed by atoms with Crippen molar-refractivity contribution in [3.8, 4) is 5.75 Å². The third-order valence-electron chi connectivity index (χ3n) is 6.20. The third kappa shape index (κ3) is 3.48. The molecule has 0 radical (unpaired) electrons. The molecule has 0 bridgehead atoms. The van der Waals surface area contributed by atoms with Crippen LogP contribution in [0.1, 0.15) is 6.42 Å². The van der Waals surface area contributed by atoms with Gasteiger partial charge in [-0.05, 0) is 24.3 Å². The Morgan fingerprint density at radius 3 is 2.61 bits per heavy atom. The van der Waals surface area contributed by atoms with Crippen molar-refractivity contribution in [1.82, 2.24) is 15.1 Å². The number of carbonyl (C=O) groups is 2. The quantitative estimate of drug-likeness (QED) is 0.702. The van der Waals surface area contributed by atoms with Crippen LogP contribution in [0.15, 0.2) is 48.5 Å². The lowest BCUT2D eigenvalue weighted by molar-refractivity contribution is -0.136. The minimum atomic E-state index is -0.333. The molecule has 3 heterocycles. The zero-order valence-electron chi connectivity index (χ0n) is 17.5. The maximum absolute atomic E-state index is 13.2. The molecule has 2 fully saturated rings. The molecule has 5 rings (SSSR count). The van der Waals surface area contributed by atoms with Crippen molar-refractivity contribution in [2.24, 2.45) is 5.92 Å². The molecular formula is C23H25N5O3. The average Bonchev–Trinajstić information content (AvgIpc) is 3.42. The number of para-hydroxylation sites is 3. The van der Waals surface area contributed by atoms with E-state index in [4.69, 9.17) is 4.74 Å². The first-order valence-corrected chi connectivity index (χ1v) is 10.6. The predicted octanol–water partition coefficient (Wildman–Crippen LogP) is 2.27. The van der Waals surface area contributed by atoms with Gasteiger partial charge in [-0.2, -0.15) is 5.10 Å². The van der Waals surface area contributed by atoms with Gasteiger partial charge in [0.1, 0.15) is 5.75 Å². The summed E-state index contributed by atoms with van der Waals surface area (Å²) in [6, 6.07) is 15.6. The number of methoxy groups -OCH3 is 1. The number of benzene rings is 2. The summed E-state index contributed by atoms with van der Waals surface area (Å²) in [6.45, 7) is 3.11. The Hall–Kier alpha value is -3.55. The second-order valence-corrected chi connectivity index (χ2v) is 7.98. The Labute approximate surface area is 180 Å². The Balaban J connectivity index is 1.25. The summed E-state index contributed by atoms with van der Waals surface area (Å²) >= 11 is 0. The number of hydrogen-bond acceptors (Lipinski definition) is 5. The average molecular weight is 419 g/mol. The SMILES string of the molecule is COc1ccccc1N1CCN(C(=O)[C@@H]2CC(=O)N(c3n[nH]c4ccccc34)C2)CC1. The van der Waals surface area contributed by atoms with Crippen LogP contribution in [0.4, 0.5) is 11.5 Å². The molecule has 1 aromatic heterocycles. The van der Waals surface area contributed by atoms with Crippen LogP contribution in [0, 0.1) is 5.92 Å². The molecule has 160 valence electrons. The van der Waals surface area contributed by atoms with E-state index in [1.807, 2.05) is 53.4 Å². The van der Waals surface area contributed by atoms with Crippen molar-refractivity contribution in [3.05, 3.63) is 48.5 Å². The summed E-state index contributed by atoms with van der Waals surface area (Å²) in [5, 5.41) is 8.20. The van der Waals surface area contributed by atoms with Crippen LogP contribution in [0.2, 0.25) is 0 Å². The highest BCUT2D eigenvalue weighted by molar-refractivity contribution is 6.05. The number of nitrogens with zero attached hydrogens (tertiary/aromatic N) is 4. The maximum atomic E-state index is 13.2. The number of H-pyrrole nitrogens is 1. The fourth-order valence-electron chi connectivity index (χ4n) is 4.55. The number of fused-ring (bicyclic) bond motifs is 1. The van der Waals surface area contributed by atoms with Gasteiger partial charge in [-0.3, -0.25) is 19.6 Å². The van der Waals surface area contributed by atoms with Crippen LogP contribution in [-0.2, 0) is 9.59 Å². The lowest BCUT2D eigenvalue weighted by Crippen LogP contribution is -2.50. The van der Waals surface area contributed by atoms with Gasteiger partial charge in [-0.25, -0.2) is 0 Å². The van der Waals surface area contributed by atoms with Crippen LogP contribution in [-0.4, -0.2) is 66.7 Å². The minimum absolute atomic E-state index is 0.0513. The van der Waals surface area contributed by atoms with Gasteiger partial charge in [0.2, 0.25) is 11.8 Å². The molecule has 2 amide bonds. The number of aromatic nitrogens is 2. The Morgan fingerprint density at radius 1 is 1.06 bits per heavy atom. The topological polar surface area (TPSA) is 81.8 Å². The number of aromatic amines is 1. The van der Waals surface area contributed by atoms with Gasteiger partial charge in [0.25, 0.3) is 0 Å². The van der Waals surface area contributed by atoms with E-state index in [1.165, 1.54) is 0 Å². The molecular weight excluding hydrogens is 394 g/mol. The maximum Gasteiger partial charge on any atom is 0.229 e. The standard InChI is InChI=1S/C23H25N5O3/c1-31-20-9-5-4-8-19(20)26-10-12-27(13-11-26)23(30)16-14-21(29)28(15-16)22-17-6-2-3-7-18(17)24-25-22/h2-9,16H,10-15H2,1H3,(H,24,25)/t16-/m1/s1. The van der Waals surface area contributed by atoms with Crippen molar-refractivity contribution in [3.63, 3.8) is 0 Å². The Bertz CT molecular complexity index is 1120. The number of carbonyl (C=O) groups excluding carboxylic acids is 2. The van der Waals surface area contributed by atoms with Crippen molar-refractivity contribution in [2.45, 2.75) is 6.42 Å². The van der Waals surface area contributed by atoms with Crippen molar-refractivity contribution in [2.75, 3.05) is 49.6 Å². The molecule has 3 aromatic rings. The fourth-order valence-corrected chi connectivity index (χ4v) is 4.55. The molecule has 2 aliphatic heterocycles. The van der Waals surface area contributed by atoms with Gasteiger partial charge in [-0.1, -0.05) is 24.3 Å². The van der Waals surface area contributed by atoms with Gasteiger partial charge >= 0.3 is 0 Å². The molecule has 8 heteroatoms. The first-order chi connectivity index (χ1) is 15.2. The minimum Gasteiger partial charge on any atom is -0.495 e. The van der Waals surface area contributed by atoms with Gasteiger partial charge < -0.3 is 14.5 Å². The number of rotatable bonds is 4.